The number of carbonyl (C=O) groups excluding carboxylic acids is 3. The molecule has 1 amide bonds. The molecular formula is C46H77NO10. The van der Waals surface area contributed by atoms with Gasteiger partial charge < -0.3 is 39.6 Å². The lowest BCUT2D eigenvalue weighted by molar-refractivity contribution is -0.221. The first-order valence-corrected chi connectivity index (χ1v) is 22.1. The summed E-state index contributed by atoms with van der Waals surface area (Å²) in [7, 11) is 0. The summed E-state index contributed by atoms with van der Waals surface area (Å²) in [6, 6.07) is -0.995. The van der Waals surface area contributed by atoms with Crippen molar-refractivity contribution in [1.29, 1.82) is 0 Å². The Morgan fingerprint density at radius 3 is 2.05 bits per heavy atom. The fraction of sp³-hybridized carbons (Fsp3) is 0.935. The quantitative estimate of drug-likeness (QED) is 0.0976. The average Bonchev–Trinajstić information content (AvgIpc) is 3.40. The van der Waals surface area contributed by atoms with Crippen LogP contribution < -0.4 is 5.32 Å². The van der Waals surface area contributed by atoms with Crippen LogP contribution in [0.4, 0.5) is 4.79 Å². The zero-order valence-electron chi connectivity index (χ0n) is 37.5. The number of carbonyl (C=O) groups is 3. The Morgan fingerprint density at radius 1 is 0.807 bits per heavy atom. The Bertz CT molecular complexity index is 1560. The smallest absolute Gasteiger partial charge is 0.408 e. The predicted molar refractivity (Wildman–Crippen MR) is 216 cm³/mol. The van der Waals surface area contributed by atoms with E-state index >= 15 is 0 Å². The Hall–Kier alpha value is -1.95. The number of ether oxygens (including phenoxy) is 4. The standard InChI is InChI=1S/C46H77NO10/c1-38(2,3)56-33(50)17-15-14-16-27(47-37(52)57-39(4,5)6)36(51)54-29-24-30-43(12)25-28(48)34(44(13)20-19-32(55-44)41(9,10)53)42(43,11)22-23-45(30)26-46(45)21-18-31(49)40(7,8)35(29)46/h27-32,34-35,48-49,53H,14-26H2,1-13H3,(H,47,52)/t27-,28-,29-,30?,31-,32-,34-,35-,42+,43-,44+,45-,46+/m0/s1. The second-order valence-electron chi connectivity index (χ2n) is 23.3. The average molecular weight is 804 g/mol. The fourth-order valence-electron chi connectivity index (χ4n) is 14.2. The first kappa shape index (κ1) is 44.6. The Kier molecular flexibility index (Phi) is 11.2. The molecule has 1 aliphatic heterocycles. The van der Waals surface area contributed by atoms with Crippen molar-refractivity contribution in [2.24, 2.45) is 44.8 Å². The number of esters is 2. The van der Waals surface area contributed by atoms with Crippen LogP contribution in [0, 0.1) is 44.8 Å². The van der Waals surface area contributed by atoms with E-state index in [9.17, 15) is 29.7 Å². The molecule has 0 radical (unpaired) electrons. The fourth-order valence-corrected chi connectivity index (χ4v) is 14.2. The van der Waals surface area contributed by atoms with E-state index in [1.165, 1.54) is 0 Å². The van der Waals surface area contributed by atoms with Crippen molar-refractivity contribution in [3.05, 3.63) is 0 Å². The van der Waals surface area contributed by atoms with Crippen LogP contribution in [-0.2, 0) is 28.5 Å². The lowest BCUT2D eigenvalue weighted by Gasteiger charge is -2.64. The van der Waals surface area contributed by atoms with Crippen LogP contribution in [0.15, 0.2) is 0 Å². The monoisotopic (exact) mass is 804 g/mol. The van der Waals surface area contributed by atoms with Crippen LogP contribution in [0.3, 0.4) is 0 Å². The van der Waals surface area contributed by atoms with Crippen molar-refractivity contribution in [3.63, 3.8) is 0 Å². The lowest BCUT2D eigenvalue weighted by atomic mass is 9.41. The van der Waals surface area contributed by atoms with Crippen LogP contribution in [-0.4, -0.2) is 86.2 Å². The number of aliphatic hydroxyl groups is 3. The van der Waals surface area contributed by atoms with Crippen molar-refractivity contribution in [2.45, 2.75) is 226 Å². The molecule has 1 saturated heterocycles. The molecule has 6 rings (SSSR count). The molecule has 5 aliphatic carbocycles. The van der Waals surface area contributed by atoms with Crippen molar-refractivity contribution < 1.29 is 48.7 Å². The first-order chi connectivity index (χ1) is 25.9. The van der Waals surface area contributed by atoms with Gasteiger partial charge >= 0.3 is 18.0 Å². The third-order valence-electron chi connectivity index (χ3n) is 16.5. The van der Waals surface area contributed by atoms with Gasteiger partial charge in [-0.05, 0) is 166 Å². The van der Waals surface area contributed by atoms with Crippen LogP contribution in [0.2, 0.25) is 0 Å². The number of hydrogen-bond donors (Lipinski definition) is 4. The van der Waals surface area contributed by atoms with E-state index in [1.54, 1.807) is 34.6 Å². The number of aliphatic hydroxyl groups excluding tert-OH is 2. The third kappa shape index (κ3) is 7.68. The number of hydrogen-bond acceptors (Lipinski definition) is 10. The van der Waals surface area contributed by atoms with Crippen LogP contribution >= 0.6 is 0 Å². The third-order valence-corrected chi connectivity index (χ3v) is 16.5. The highest BCUT2D eigenvalue weighted by Crippen LogP contribution is 2.89. The molecule has 11 heteroatoms. The molecule has 0 aromatic heterocycles. The first-order valence-electron chi connectivity index (χ1n) is 22.1. The van der Waals surface area contributed by atoms with E-state index in [-0.39, 0.29) is 64.3 Å². The minimum atomic E-state index is -0.995. The van der Waals surface area contributed by atoms with Gasteiger partial charge in [0.15, 0.2) is 0 Å². The van der Waals surface area contributed by atoms with Gasteiger partial charge in [-0.25, -0.2) is 9.59 Å². The zero-order chi connectivity index (χ0) is 42.6. The maximum absolute atomic E-state index is 14.6. The summed E-state index contributed by atoms with van der Waals surface area (Å²) in [6.45, 7) is 25.5. The SMILES string of the molecule is CC(C)(C)OC(=O)CCCC[C@H](NC(=O)OC(C)(C)C)C(=O)O[C@H]1CC2[C@]3(CC[C@]4(C)[C@@H]([C@@]5(C)CC[C@@H](C(C)(C)O)O5)[C@@H](O)C[C@@]24C)C[C@@]32CC[C@H](O)C(C)(C)[C@H]12. The van der Waals surface area contributed by atoms with Gasteiger partial charge in [-0.2, -0.15) is 0 Å². The molecule has 1 unspecified atom stereocenters. The number of amides is 1. The summed E-state index contributed by atoms with van der Waals surface area (Å²) in [5.41, 5.74) is -4.11. The van der Waals surface area contributed by atoms with Gasteiger partial charge in [-0.3, -0.25) is 4.79 Å². The van der Waals surface area contributed by atoms with Gasteiger partial charge in [0.05, 0.1) is 29.5 Å². The molecule has 4 N–H and O–H groups in total. The molecule has 0 bridgehead atoms. The summed E-state index contributed by atoms with van der Waals surface area (Å²) in [4.78, 5) is 40.2. The zero-order valence-corrected chi connectivity index (χ0v) is 37.5. The number of fused-ring (bicyclic) bond motifs is 2. The van der Waals surface area contributed by atoms with Gasteiger partial charge in [-0.1, -0.05) is 34.1 Å². The minimum absolute atomic E-state index is 0.0176. The van der Waals surface area contributed by atoms with E-state index in [2.05, 4.69) is 39.9 Å². The number of rotatable bonds is 10. The molecule has 11 nitrogen and oxygen atoms in total. The summed E-state index contributed by atoms with van der Waals surface area (Å²) < 4.78 is 24.6. The van der Waals surface area contributed by atoms with E-state index in [0.717, 1.165) is 38.5 Å². The maximum atomic E-state index is 14.6. The second kappa shape index (κ2) is 14.3. The molecule has 1 heterocycles. The summed E-state index contributed by atoms with van der Waals surface area (Å²) >= 11 is 0. The molecule has 5 saturated carbocycles. The lowest BCUT2D eigenvalue weighted by Crippen LogP contribution is -2.63. The highest BCUT2D eigenvalue weighted by atomic mass is 16.6. The Balaban J connectivity index is 1.29. The van der Waals surface area contributed by atoms with Crippen LogP contribution in [0.1, 0.15) is 173 Å². The normalized spacial score (nSPS) is 42.8. The summed E-state index contributed by atoms with van der Waals surface area (Å²) in [5, 5.41) is 37.5. The van der Waals surface area contributed by atoms with E-state index in [1.807, 2.05) is 20.8 Å². The van der Waals surface area contributed by atoms with Crippen LogP contribution in [0.5, 0.6) is 0 Å². The van der Waals surface area contributed by atoms with Crippen molar-refractivity contribution >= 4 is 18.0 Å². The van der Waals surface area contributed by atoms with Gasteiger partial charge in [0.1, 0.15) is 23.3 Å². The van der Waals surface area contributed by atoms with E-state index < -0.39 is 64.2 Å². The van der Waals surface area contributed by atoms with Gasteiger partial charge in [0.2, 0.25) is 0 Å². The molecule has 6 fully saturated rings. The number of nitrogens with one attached hydrogen (secondary N) is 1. The Morgan fingerprint density at radius 2 is 1.46 bits per heavy atom. The van der Waals surface area contributed by atoms with E-state index in [0.29, 0.717) is 32.1 Å². The Labute approximate surface area is 342 Å². The molecule has 326 valence electrons. The van der Waals surface area contributed by atoms with Gasteiger partial charge in [0.25, 0.3) is 0 Å². The second-order valence-corrected chi connectivity index (χ2v) is 23.3. The van der Waals surface area contributed by atoms with E-state index in [4.69, 9.17) is 18.9 Å². The summed E-state index contributed by atoms with van der Waals surface area (Å²) in [6.07, 6.45) is 6.07. The maximum Gasteiger partial charge on any atom is 0.408 e. The molecule has 57 heavy (non-hydrogen) atoms. The van der Waals surface area contributed by atoms with Crippen LogP contribution in [0.25, 0.3) is 0 Å². The molecule has 6 aliphatic rings. The number of alkyl carbamates (subject to hydrolysis) is 1. The molecular weight excluding hydrogens is 727 g/mol. The minimum Gasteiger partial charge on any atom is -0.460 e. The highest BCUT2D eigenvalue weighted by Gasteiger charge is 2.85. The molecule has 0 aromatic rings. The van der Waals surface area contributed by atoms with Gasteiger partial charge in [-0.15, -0.1) is 0 Å². The predicted octanol–water partition coefficient (Wildman–Crippen LogP) is 7.78. The van der Waals surface area contributed by atoms with Gasteiger partial charge in [0, 0.05) is 18.3 Å². The highest BCUT2D eigenvalue weighted by molar-refractivity contribution is 5.81. The summed E-state index contributed by atoms with van der Waals surface area (Å²) in [5.74, 6) is -0.884. The van der Waals surface area contributed by atoms with Crippen molar-refractivity contribution in [3.8, 4) is 0 Å². The largest absolute Gasteiger partial charge is 0.460 e. The molecule has 2 spiro atoms. The van der Waals surface area contributed by atoms with Crippen molar-refractivity contribution in [1.82, 2.24) is 5.32 Å². The molecule has 13 atom stereocenters. The number of unbranched alkanes of at least 4 members (excludes halogenated alkanes) is 1. The topological polar surface area (TPSA) is 161 Å². The van der Waals surface area contributed by atoms with Crippen molar-refractivity contribution in [2.75, 3.05) is 0 Å². The molecule has 0 aromatic carbocycles.